The van der Waals surface area contributed by atoms with Crippen LogP contribution >= 0.6 is 0 Å². The Morgan fingerprint density at radius 2 is 1.95 bits per heavy atom. The van der Waals surface area contributed by atoms with E-state index in [1.54, 1.807) is 30.9 Å². The zero-order valence-electron chi connectivity index (χ0n) is 11.1. The predicted molar refractivity (Wildman–Crippen MR) is 70.9 cm³/mol. The van der Waals surface area contributed by atoms with Gasteiger partial charge in [-0.3, -0.25) is 4.98 Å². The first-order valence-electron chi connectivity index (χ1n) is 6.25. The molecule has 0 aliphatic heterocycles. The molecule has 2 aromatic heterocycles. The molecule has 0 aromatic carbocycles. The largest absolute Gasteiger partial charge is 0.492 e. The molecule has 2 heterocycles. The summed E-state index contributed by atoms with van der Waals surface area (Å²) in [5.74, 6) is 1.01. The van der Waals surface area contributed by atoms with Gasteiger partial charge in [-0.2, -0.15) is 0 Å². The maximum atomic E-state index is 10.2. The van der Waals surface area contributed by atoms with E-state index in [2.05, 4.69) is 15.0 Å². The number of rotatable bonds is 5. The molecule has 1 N–H and O–H groups in total. The molecule has 19 heavy (non-hydrogen) atoms. The number of nitrogens with zero attached hydrogens (tertiary/aromatic N) is 3. The third kappa shape index (κ3) is 3.48. The molecule has 0 saturated carbocycles. The minimum absolute atomic E-state index is 0.361. The van der Waals surface area contributed by atoms with Gasteiger partial charge in [0.25, 0.3) is 0 Å². The summed E-state index contributed by atoms with van der Waals surface area (Å²) in [6, 6.07) is 1.76. The molecule has 0 bridgehead atoms. The third-order valence-corrected chi connectivity index (χ3v) is 2.57. The minimum Gasteiger partial charge on any atom is -0.492 e. The second-order valence-electron chi connectivity index (χ2n) is 4.32. The van der Waals surface area contributed by atoms with Crippen molar-refractivity contribution < 1.29 is 9.84 Å². The summed E-state index contributed by atoms with van der Waals surface area (Å²) >= 11 is 0. The lowest BCUT2D eigenvalue weighted by Gasteiger charge is -2.11. The number of pyridine rings is 1. The first kappa shape index (κ1) is 13.4. The van der Waals surface area contributed by atoms with Crippen LogP contribution in [0.5, 0.6) is 5.75 Å². The third-order valence-electron chi connectivity index (χ3n) is 2.57. The molecule has 5 heteroatoms. The number of ether oxygens (including phenoxy) is 1. The average Bonchev–Trinajstić information content (AvgIpc) is 2.45. The molecular formula is C14H17N3O2. The Kier molecular flexibility index (Phi) is 4.41. The monoisotopic (exact) mass is 259 g/mol. The van der Waals surface area contributed by atoms with Gasteiger partial charge in [0.1, 0.15) is 11.9 Å². The van der Waals surface area contributed by atoms with Crippen LogP contribution in [0.1, 0.15) is 36.4 Å². The van der Waals surface area contributed by atoms with Crippen molar-refractivity contribution in [2.45, 2.75) is 26.4 Å². The number of hydrogen-bond donors (Lipinski definition) is 1. The summed E-state index contributed by atoms with van der Waals surface area (Å²) in [5.41, 5.74) is 1.58. The lowest BCUT2D eigenvalue weighted by molar-refractivity contribution is 0.208. The second-order valence-corrected chi connectivity index (χ2v) is 4.32. The Bertz CT molecular complexity index is 528. The summed E-state index contributed by atoms with van der Waals surface area (Å²) < 4.78 is 5.49. The molecule has 0 saturated heterocycles. The molecule has 5 nitrogen and oxygen atoms in total. The number of aryl methyl sites for hydroxylation is 1. The topological polar surface area (TPSA) is 68.1 Å². The van der Waals surface area contributed by atoms with Gasteiger partial charge < -0.3 is 9.84 Å². The highest BCUT2D eigenvalue weighted by Crippen LogP contribution is 2.21. The van der Waals surface area contributed by atoms with Crippen molar-refractivity contribution in [3.05, 3.63) is 47.8 Å². The van der Waals surface area contributed by atoms with E-state index in [0.29, 0.717) is 23.7 Å². The Morgan fingerprint density at radius 3 is 2.63 bits per heavy atom. The Morgan fingerprint density at radius 1 is 1.21 bits per heavy atom. The number of aliphatic hydroxyl groups excluding tert-OH is 1. The van der Waals surface area contributed by atoms with Crippen molar-refractivity contribution in [2.24, 2.45) is 0 Å². The van der Waals surface area contributed by atoms with Crippen LogP contribution in [-0.2, 0) is 0 Å². The maximum absolute atomic E-state index is 10.2. The smallest absolute Gasteiger partial charge is 0.161 e. The van der Waals surface area contributed by atoms with Crippen LogP contribution in [0, 0.1) is 6.92 Å². The molecule has 1 atom stereocenters. The highest BCUT2D eigenvalue weighted by atomic mass is 16.5. The van der Waals surface area contributed by atoms with Gasteiger partial charge in [-0.15, -0.1) is 0 Å². The van der Waals surface area contributed by atoms with Crippen LogP contribution in [0.25, 0.3) is 0 Å². The summed E-state index contributed by atoms with van der Waals surface area (Å²) in [6.45, 7) is 4.56. The van der Waals surface area contributed by atoms with E-state index in [4.69, 9.17) is 4.74 Å². The normalized spacial score (nSPS) is 12.2. The molecule has 0 radical (unpaired) electrons. The molecule has 0 aliphatic carbocycles. The second kappa shape index (κ2) is 6.24. The summed E-state index contributed by atoms with van der Waals surface area (Å²) in [6.07, 6.45) is 6.60. The van der Waals surface area contributed by atoms with E-state index in [1.165, 1.54) is 0 Å². The fourth-order valence-corrected chi connectivity index (χ4v) is 1.58. The van der Waals surface area contributed by atoms with Gasteiger partial charge in [-0.1, -0.05) is 6.92 Å². The predicted octanol–water partition coefficient (Wildman–Crippen LogP) is 2.05. The molecule has 2 rings (SSSR count). The van der Waals surface area contributed by atoms with Crippen LogP contribution in [0.3, 0.4) is 0 Å². The summed E-state index contributed by atoms with van der Waals surface area (Å²) in [4.78, 5) is 12.3. The lowest BCUT2D eigenvalue weighted by Crippen LogP contribution is -2.06. The van der Waals surface area contributed by atoms with Crippen molar-refractivity contribution in [2.75, 3.05) is 6.61 Å². The molecule has 0 aliphatic rings. The molecule has 0 amide bonds. The van der Waals surface area contributed by atoms with Gasteiger partial charge in [-0.05, 0) is 25.0 Å². The Balaban J connectivity index is 2.18. The van der Waals surface area contributed by atoms with Gasteiger partial charge in [0.05, 0.1) is 12.8 Å². The van der Waals surface area contributed by atoms with Crippen LogP contribution in [0.2, 0.25) is 0 Å². The van der Waals surface area contributed by atoms with Crippen LogP contribution in [-0.4, -0.2) is 26.7 Å². The van der Waals surface area contributed by atoms with Crippen molar-refractivity contribution >= 4 is 0 Å². The number of aromatic nitrogens is 3. The quantitative estimate of drug-likeness (QED) is 0.890. The molecular weight excluding hydrogens is 242 g/mol. The Hall–Kier alpha value is -2.01. The highest BCUT2D eigenvalue weighted by molar-refractivity contribution is 5.28. The highest BCUT2D eigenvalue weighted by Gasteiger charge is 2.14. The standard InChI is InChI=1S/C14H17N3O2/c1-3-4-19-12-5-11(8-15-9-12)13(18)14-16-6-10(2)7-17-14/h5-9,13,18H,3-4H2,1-2H3. The van der Waals surface area contributed by atoms with Crippen LogP contribution in [0.4, 0.5) is 0 Å². The molecule has 1 unspecified atom stereocenters. The van der Waals surface area contributed by atoms with Gasteiger partial charge in [0.2, 0.25) is 0 Å². The first-order valence-corrected chi connectivity index (χ1v) is 6.25. The SMILES string of the molecule is CCCOc1cncc(C(O)c2ncc(C)cn2)c1. The van der Waals surface area contributed by atoms with Gasteiger partial charge in [0.15, 0.2) is 5.82 Å². The zero-order chi connectivity index (χ0) is 13.7. The van der Waals surface area contributed by atoms with E-state index >= 15 is 0 Å². The van der Waals surface area contributed by atoms with E-state index in [-0.39, 0.29) is 0 Å². The van der Waals surface area contributed by atoms with Crippen molar-refractivity contribution in [1.29, 1.82) is 0 Å². The summed E-state index contributed by atoms with van der Waals surface area (Å²) in [5, 5.41) is 10.2. The van der Waals surface area contributed by atoms with Gasteiger partial charge in [-0.25, -0.2) is 9.97 Å². The van der Waals surface area contributed by atoms with Crippen molar-refractivity contribution in [3.8, 4) is 5.75 Å². The molecule has 100 valence electrons. The number of aliphatic hydroxyl groups is 1. The fourth-order valence-electron chi connectivity index (χ4n) is 1.58. The van der Waals surface area contributed by atoms with E-state index in [1.807, 2.05) is 13.8 Å². The molecule has 0 spiro atoms. The van der Waals surface area contributed by atoms with Crippen LogP contribution in [0.15, 0.2) is 30.9 Å². The average molecular weight is 259 g/mol. The van der Waals surface area contributed by atoms with Crippen molar-refractivity contribution in [1.82, 2.24) is 15.0 Å². The Labute approximate surface area is 112 Å². The number of hydrogen-bond acceptors (Lipinski definition) is 5. The van der Waals surface area contributed by atoms with Gasteiger partial charge >= 0.3 is 0 Å². The van der Waals surface area contributed by atoms with Crippen molar-refractivity contribution in [3.63, 3.8) is 0 Å². The van der Waals surface area contributed by atoms with Crippen LogP contribution < -0.4 is 4.74 Å². The zero-order valence-corrected chi connectivity index (χ0v) is 11.1. The fraction of sp³-hybridized carbons (Fsp3) is 0.357. The summed E-state index contributed by atoms with van der Waals surface area (Å²) in [7, 11) is 0. The molecule has 0 fully saturated rings. The molecule has 2 aromatic rings. The minimum atomic E-state index is -0.890. The van der Waals surface area contributed by atoms with E-state index in [0.717, 1.165) is 12.0 Å². The lowest BCUT2D eigenvalue weighted by atomic mass is 10.1. The van der Waals surface area contributed by atoms with E-state index < -0.39 is 6.10 Å². The van der Waals surface area contributed by atoms with E-state index in [9.17, 15) is 5.11 Å². The maximum Gasteiger partial charge on any atom is 0.161 e. The first-order chi connectivity index (χ1) is 9.20. The van der Waals surface area contributed by atoms with Gasteiger partial charge in [0, 0.05) is 24.2 Å².